The second kappa shape index (κ2) is 11.8. The van der Waals surface area contributed by atoms with Crippen molar-refractivity contribution < 1.29 is 19.1 Å². The van der Waals surface area contributed by atoms with Crippen LogP contribution in [0.25, 0.3) is 28.1 Å². The van der Waals surface area contributed by atoms with Gasteiger partial charge in [-0.15, -0.1) is 0 Å². The number of esters is 2. The number of hydrogen-bond donors (Lipinski definition) is 1. The summed E-state index contributed by atoms with van der Waals surface area (Å²) >= 11 is 11.9. The molecule has 0 spiro atoms. The van der Waals surface area contributed by atoms with E-state index in [-0.39, 0.29) is 0 Å². The predicted octanol–water partition coefficient (Wildman–Crippen LogP) is 5.83. The molecule has 5 aromatic rings. The van der Waals surface area contributed by atoms with E-state index in [9.17, 15) is 9.59 Å². The summed E-state index contributed by atoms with van der Waals surface area (Å²) in [5.74, 6) is 0.0467. The summed E-state index contributed by atoms with van der Waals surface area (Å²) in [5.41, 5.74) is 4.18. The lowest BCUT2D eigenvalue weighted by atomic mass is 10.1. The number of aromatic amines is 1. The summed E-state index contributed by atoms with van der Waals surface area (Å²) < 4.78 is 13.1. The van der Waals surface area contributed by atoms with Gasteiger partial charge in [-0.05, 0) is 47.5 Å². The van der Waals surface area contributed by atoms with Crippen LogP contribution >= 0.6 is 23.2 Å². The third-order valence-corrected chi connectivity index (χ3v) is 6.30. The number of nitrogens with zero attached hydrogens (tertiary/aromatic N) is 4. The third kappa shape index (κ3) is 5.80. The number of benzene rings is 2. The summed E-state index contributed by atoms with van der Waals surface area (Å²) in [4.78, 5) is 23.1. The van der Waals surface area contributed by atoms with Gasteiger partial charge in [0.25, 0.3) is 0 Å². The molecule has 38 heavy (non-hydrogen) atoms. The van der Waals surface area contributed by atoms with E-state index in [1.807, 2.05) is 48.3 Å². The van der Waals surface area contributed by atoms with E-state index in [2.05, 4.69) is 20.0 Å². The third-order valence-electron chi connectivity index (χ3n) is 5.64. The molecule has 1 N–H and O–H groups in total. The fourth-order valence-corrected chi connectivity index (χ4v) is 4.03. The van der Waals surface area contributed by atoms with E-state index in [4.69, 9.17) is 27.9 Å². The minimum Gasteiger partial charge on any atom is -0.465 e. The van der Waals surface area contributed by atoms with Crippen LogP contribution in [-0.2, 0) is 16.5 Å². The van der Waals surface area contributed by atoms with E-state index in [1.54, 1.807) is 47.5 Å². The van der Waals surface area contributed by atoms with Gasteiger partial charge in [-0.2, -0.15) is 10.2 Å². The van der Waals surface area contributed by atoms with Gasteiger partial charge in [0.1, 0.15) is 5.82 Å². The zero-order valence-corrected chi connectivity index (χ0v) is 22.2. The van der Waals surface area contributed by atoms with Crippen LogP contribution in [0, 0.1) is 0 Å². The Hall–Kier alpha value is -4.34. The van der Waals surface area contributed by atoms with Gasteiger partial charge < -0.3 is 14.0 Å². The Morgan fingerprint density at radius 2 is 1.45 bits per heavy atom. The lowest BCUT2D eigenvalue weighted by Crippen LogP contribution is -2.02. The number of rotatable bonds is 5. The van der Waals surface area contributed by atoms with Crippen molar-refractivity contribution in [3.63, 3.8) is 0 Å². The molecule has 0 aliphatic heterocycles. The molecule has 0 fully saturated rings. The molecule has 0 bridgehead atoms. The number of nitrogens with one attached hydrogen (secondary N) is 1. The first-order valence-electron chi connectivity index (χ1n) is 11.2. The fraction of sp³-hybridized carbons (Fsp3) is 0.111. The van der Waals surface area contributed by atoms with Crippen molar-refractivity contribution in [2.75, 3.05) is 14.2 Å². The molecule has 0 aliphatic rings. The highest BCUT2D eigenvalue weighted by molar-refractivity contribution is 6.34. The first-order valence-corrected chi connectivity index (χ1v) is 12.0. The molecule has 3 aromatic heterocycles. The number of methoxy groups -OCH3 is 2. The molecule has 5 rings (SSSR count). The number of carbonyl (C=O) groups is 2. The normalized spacial score (nSPS) is 10.4. The molecular formula is C27H23Cl2N5O4. The highest BCUT2D eigenvalue weighted by atomic mass is 35.5. The minimum absolute atomic E-state index is 0.341. The number of ether oxygens (including phenoxy) is 2. The molecule has 0 atom stereocenters. The van der Waals surface area contributed by atoms with Crippen LogP contribution in [0.2, 0.25) is 10.0 Å². The number of carbonyl (C=O) groups excluding carboxylic acids is 2. The van der Waals surface area contributed by atoms with Crippen LogP contribution in [0.3, 0.4) is 0 Å². The summed E-state index contributed by atoms with van der Waals surface area (Å²) in [6.45, 7) is 0. The first kappa shape index (κ1) is 26.7. The molecule has 2 aromatic carbocycles. The molecule has 0 aliphatic carbocycles. The van der Waals surface area contributed by atoms with E-state index in [0.29, 0.717) is 21.2 Å². The smallest absolute Gasteiger partial charge is 0.339 e. The van der Waals surface area contributed by atoms with Gasteiger partial charge in [0, 0.05) is 36.8 Å². The number of aryl methyl sites for hydroxylation is 1. The maximum absolute atomic E-state index is 11.7. The average molecular weight is 552 g/mol. The summed E-state index contributed by atoms with van der Waals surface area (Å²) in [6, 6.07) is 14.3. The van der Waals surface area contributed by atoms with Crippen LogP contribution in [-0.4, -0.2) is 50.7 Å². The summed E-state index contributed by atoms with van der Waals surface area (Å²) in [7, 11) is 4.61. The topological polar surface area (TPSA) is 104 Å². The summed E-state index contributed by atoms with van der Waals surface area (Å²) in [6.07, 6.45) is 9.01. The van der Waals surface area contributed by atoms with Crippen molar-refractivity contribution in [1.29, 1.82) is 0 Å². The maximum atomic E-state index is 11.7. The lowest BCUT2D eigenvalue weighted by molar-refractivity contribution is 0.0592. The van der Waals surface area contributed by atoms with Crippen LogP contribution in [0.15, 0.2) is 79.5 Å². The SMILES string of the molecule is COC(=O)c1cc(-c2cn[nH]c2)ccc1Cl.COC(=O)c1cc(-c2cnn(-c3cccn3C)c2)ccc1Cl. The van der Waals surface area contributed by atoms with Crippen molar-refractivity contribution >= 4 is 35.1 Å². The van der Waals surface area contributed by atoms with Crippen LogP contribution < -0.4 is 0 Å². The van der Waals surface area contributed by atoms with Crippen LogP contribution in [0.4, 0.5) is 0 Å². The maximum Gasteiger partial charge on any atom is 0.339 e. The van der Waals surface area contributed by atoms with E-state index < -0.39 is 11.9 Å². The van der Waals surface area contributed by atoms with Gasteiger partial charge in [-0.25, -0.2) is 14.3 Å². The Balaban J connectivity index is 0.000000186. The summed E-state index contributed by atoms with van der Waals surface area (Å²) in [5, 5.41) is 11.6. The molecule has 0 amide bonds. The second-order valence-corrected chi connectivity index (χ2v) is 8.82. The monoisotopic (exact) mass is 551 g/mol. The molecule has 9 nitrogen and oxygen atoms in total. The van der Waals surface area contributed by atoms with Crippen molar-refractivity contribution in [2.24, 2.45) is 7.05 Å². The Kier molecular flexibility index (Phi) is 8.30. The molecule has 0 saturated carbocycles. The number of hydrogen-bond acceptors (Lipinski definition) is 6. The zero-order chi connectivity index (χ0) is 27.2. The van der Waals surface area contributed by atoms with Gasteiger partial charge in [0.05, 0.1) is 47.8 Å². The molecule has 0 saturated heterocycles. The molecule has 0 unspecified atom stereocenters. The van der Waals surface area contributed by atoms with Crippen molar-refractivity contribution in [1.82, 2.24) is 24.5 Å². The van der Waals surface area contributed by atoms with E-state index in [1.165, 1.54) is 14.2 Å². The van der Waals surface area contributed by atoms with E-state index in [0.717, 1.165) is 28.1 Å². The van der Waals surface area contributed by atoms with Crippen molar-refractivity contribution in [3.8, 4) is 28.1 Å². The zero-order valence-electron chi connectivity index (χ0n) is 20.7. The van der Waals surface area contributed by atoms with Gasteiger partial charge >= 0.3 is 11.9 Å². The lowest BCUT2D eigenvalue weighted by Gasteiger charge is -2.05. The van der Waals surface area contributed by atoms with Crippen LogP contribution in [0.1, 0.15) is 20.7 Å². The fourth-order valence-electron chi connectivity index (χ4n) is 3.64. The van der Waals surface area contributed by atoms with Gasteiger partial charge in [-0.3, -0.25) is 5.10 Å². The highest BCUT2D eigenvalue weighted by Gasteiger charge is 2.14. The standard InChI is InChI=1S/C16H14ClN3O2.C11H9ClN2O2/c1-19-7-3-4-15(19)20-10-12(9-18-20)11-5-6-14(17)13(8-11)16(21)22-2;1-16-11(15)9-4-7(2-3-10(9)12)8-5-13-14-6-8/h3-10H,1-2H3;2-6H,1H3,(H,13,14). The molecule has 194 valence electrons. The minimum atomic E-state index is -0.457. The Labute approximate surface area is 228 Å². The second-order valence-electron chi connectivity index (χ2n) is 8.01. The van der Waals surface area contributed by atoms with Gasteiger partial charge in [0.2, 0.25) is 0 Å². The molecule has 11 heteroatoms. The first-order chi connectivity index (χ1) is 18.3. The van der Waals surface area contributed by atoms with Gasteiger partial charge in [0.15, 0.2) is 0 Å². The molecular weight excluding hydrogens is 529 g/mol. The Morgan fingerprint density at radius 1 is 0.842 bits per heavy atom. The Bertz CT molecular complexity index is 1570. The van der Waals surface area contributed by atoms with Crippen LogP contribution in [0.5, 0.6) is 0 Å². The molecule has 3 heterocycles. The quantitative estimate of drug-likeness (QED) is 0.275. The largest absolute Gasteiger partial charge is 0.465 e. The van der Waals surface area contributed by atoms with Crippen molar-refractivity contribution in [3.05, 3.63) is 101 Å². The number of H-pyrrole nitrogens is 1. The van der Waals surface area contributed by atoms with E-state index >= 15 is 0 Å². The average Bonchev–Trinajstić information content (AvgIpc) is 3.71. The van der Waals surface area contributed by atoms with Gasteiger partial charge in [-0.1, -0.05) is 35.3 Å². The highest BCUT2D eigenvalue weighted by Crippen LogP contribution is 2.27. The number of halogens is 2. The predicted molar refractivity (Wildman–Crippen MR) is 145 cm³/mol. The van der Waals surface area contributed by atoms with Crippen molar-refractivity contribution in [2.45, 2.75) is 0 Å². The Morgan fingerprint density at radius 3 is 1.95 bits per heavy atom. The number of aromatic nitrogens is 5. The molecule has 0 radical (unpaired) electrons.